The predicted molar refractivity (Wildman–Crippen MR) is 149 cm³/mol. The smallest absolute Gasteiger partial charge is 0.266 e. The first kappa shape index (κ1) is 23.2. The maximum Gasteiger partial charge on any atom is 0.266 e. The zero-order chi connectivity index (χ0) is 25.4. The molecule has 0 atom stereocenters. The van der Waals surface area contributed by atoms with Crippen LogP contribution in [-0.2, 0) is 0 Å². The van der Waals surface area contributed by atoms with Gasteiger partial charge in [-0.2, -0.15) is 0 Å². The third-order valence-electron chi connectivity index (χ3n) is 6.81. The highest BCUT2D eigenvalue weighted by molar-refractivity contribution is 7.21. The van der Waals surface area contributed by atoms with Crippen molar-refractivity contribution in [3.63, 3.8) is 0 Å². The molecule has 1 saturated heterocycles. The molecule has 1 fully saturated rings. The first-order valence-corrected chi connectivity index (χ1v) is 13.0. The van der Waals surface area contributed by atoms with Crippen molar-refractivity contribution < 1.29 is 9.18 Å². The van der Waals surface area contributed by atoms with E-state index in [9.17, 15) is 9.18 Å². The summed E-state index contributed by atoms with van der Waals surface area (Å²) >= 11 is 1.36. The van der Waals surface area contributed by atoms with Crippen molar-refractivity contribution in [2.45, 2.75) is 0 Å². The van der Waals surface area contributed by atoms with Crippen molar-refractivity contribution >= 4 is 38.8 Å². The lowest BCUT2D eigenvalue weighted by atomic mass is 9.99. The van der Waals surface area contributed by atoms with Gasteiger partial charge in [-0.1, -0.05) is 60.7 Å². The maximum absolute atomic E-state index is 13.6. The average molecular weight is 509 g/mol. The van der Waals surface area contributed by atoms with Gasteiger partial charge < -0.3 is 15.5 Å². The van der Waals surface area contributed by atoms with Crippen LogP contribution in [0.15, 0.2) is 91.0 Å². The summed E-state index contributed by atoms with van der Waals surface area (Å²) < 4.78 is 13.3. The number of pyridine rings is 1. The summed E-state index contributed by atoms with van der Waals surface area (Å²) in [6, 6.07) is 28.7. The number of halogens is 1. The molecule has 37 heavy (non-hydrogen) atoms. The molecule has 6 rings (SSSR count). The quantitative estimate of drug-likeness (QED) is 0.309. The minimum Gasteiger partial charge on any atom is -0.397 e. The minimum absolute atomic E-state index is 0.0699. The number of carbonyl (C=O) groups excluding carboxylic acids is 1. The van der Waals surface area contributed by atoms with Crippen LogP contribution in [-0.4, -0.2) is 42.0 Å². The van der Waals surface area contributed by atoms with E-state index < -0.39 is 0 Å². The Labute approximate surface area is 218 Å². The second kappa shape index (κ2) is 9.67. The molecule has 0 saturated carbocycles. The highest BCUT2D eigenvalue weighted by Crippen LogP contribution is 2.41. The van der Waals surface area contributed by atoms with Gasteiger partial charge in [0.15, 0.2) is 0 Å². The van der Waals surface area contributed by atoms with Gasteiger partial charge in [0.2, 0.25) is 0 Å². The van der Waals surface area contributed by atoms with Crippen molar-refractivity contribution in [1.29, 1.82) is 0 Å². The number of anilines is 2. The largest absolute Gasteiger partial charge is 0.397 e. The van der Waals surface area contributed by atoms with Crippen LogP contribution in [0.4, 0.5) is 15.8 Å². The van der Waals surface area contributed by atoms with Gasteiger partial charge in [-0.25, -0.2) is 9.37 Å². The maximum atomic E-state index is 13.6. The number of nitrogen functional groups attached to an aromatic ring is 1. The van der Waals surface area contributed by atoms with Gasteiger partial charge in [-0.3, -0.25) is 4.79 Å². The molecule has 1 aliphatic rings. The molecular formula is C30H25FN4OS. The Bertz CT molecular complexity index is 1560. The molecule has 7 heteroatoms. The molecule has 2 aromatic heterocycles. The van der Waals surface area contributed by atoms with E-state index >= 15 is 0 Å². The van der Waals surface area contributed by atoms with Gasteiger partial charge in [0.25, 0.3) is 5.91 Å². The van der Waals surface area contributed by atoms with E-state index in [1.165, 1.54) is 23.5 Å². The van der Waals surface area contributed by atoms with E-state index in [-0.39, 0.29) is 11.7 Å². The Morgan fingerprint density at radius 1 is 0.838 bits per heavy atom. The summed E-state index contributed by atoms with van der Waals surface area (Å²) in [4.78, 5) is 23.9. The topological polar surface area (TPSA) is 62.5 Å². The van der Waals surface area contributed by atoms with Crippen LogP contribution in [0.25, 0.3) is 32.6 Å². The Hall–Kier alpha value is -4.23. The number of amides is 1. The van der Waals surface area contributed by atoms with Gasteiger partial charge in [0.05, 0.1) is 11.4 Å². The summed E-state index contributed by atoms with van der Waals surface area (Å²) in [5.74, 6) is -0.323. The van der Waals surface area contributed by atoms with Gasteiger partial charge in [-0.05, 0) is 41.5 Å². The number of thiophene rings is 1. The molecule has 0 radical (unpaired) electrons. The third kappa shape index (κ3) is 4.42. The van der Waals surface area contributed by atoms with Crippen LogP contribution in [0.2, 0.25) is 0 Å². The van der Waals surface area contributed by atoms with Crippen molar-refractivity contribution in [3.05, 3.63) is 102 Å². The molecule has 1 amide bonds. The number of benzene rings is 3. The summed E-state index contributed by atoms with van der Waals surface area (Å²) in [5.41, 5.74) is 12.0. The average Bonchev–Trinajstić information content (AvgIpc) is 3.30. The number of piperazine rings is 1. The van der Waals surface area contributed by atoms with E-state index in [0.29, 0.717) is 36.7 Å². The molecule has 2 N–H and O–H groups in total. The van der Waals surface area contributed by atoms with Crippen LogP contribution in [0, 0.1) is 5.82 Å². The monoisotopic (exact) mass is 508 g/mol. The van der Waals surface area contributed by atoms with Crippen LogP contribution in [0.1, 0.15) is 9.67 Å². The van der Waals surface area contributed by atoms with Crippen molar-refractivity contribution in [2.24, 2.45) is 0 Å². The van der Waals surface area contributed by atoms with E-state index in [0.717, 1.165) is 38.3 Å². The normalized spacial score (nSPS) is 13.8. The van der Waals surface area contributed by atoms with E-state index in [4.69, 9.17) is 10.7 Å². The Morgan fingerprint density at radius 3 is 2.11 bits per heavy atom. The fourth-order valence-electron chi connectivity index (χ4n) is 4.85. The van der Waals surface area contributed by atoms with Crippen molar-refractivity contribution in [3.8, 4) is 22.4 Å². The summed E-state index contributed by atoms with van der Waals surface area (Å²) in [5, 5.41) is 0.823. The summed E-state index contributed by atoms with van der Waals surface area (Å²) in [6.07, 6.45) is 0. The molecule has 0 aliphatic carbocycles. The lowest BCUT2D eigenvalue weighted by Crippen LogP contribution is -2.48. The van der Waals surface area contributed by atoms with Crippen LogP contribution >= 0.6 is 11.3 Å². The number of nitrogens with zero attached hydrogens (tertiary/aromatic N) is 3. The highest BCUT2D eigenvalue weighted by atomic mass is 32.1. The molecule has 0 spiro atoms. The van der Waals surface area contributed by atoms with Gasteiger partial charge >= 0.3 is 0 Å². The van der Waals surface area contributed by atoms with Crippen LogP contribution in [0.5, 0.6) is 0 Å². The number of nitrogens with two attached hydrogens (primary N) is 1. The van der Waals surface area contributed by atoms with Crippen molar-refractivity contribution in [1.82, 2.24) is 9.88 Å². The summed E-state index contributed by atoms with van der Waals surface area (Å²) in [6.45, 7) is 2.48. The van der Waals surface area contributed by atoms with Gasteiger partial charge in [0, 0.05) is 42.8 Å². The number of fused-ring (bicyclic) bond motifs is 1. The number of aromatic nitrogens is 1. The molecule has 184 valence electrons. The highest BCUT2D eigenvalue weighted by Gasteiger charge is 2.27. The molecule has 3 heterocycles. The molecule has 5 aromatic rings. The summed E-state index contributed by atoms with van der Waals surface area (Å²) in [7, 11) is 0. The lowest BCUT2D eigenvalue weighted by Gasteiger charge is -2.36. The zero-order valence-corrected chi connectivity index (χ0v) is 20.9. The molecule has 5 nitrogen and oxygen atoms in total. The Balaban J connectivity index is 1.35. The lowest BCUT2D eigenvalue weighted by molar-refractivity contribution is 0.0752. The van der Waals surface area contributed by atoms with Crippen molar-refractivity contribution in [2.75, 3.05) is 36.8 Å². The molecule has 0 bridgehead atoms. The van der Waals surface area contributed by atoms with Gasteiger partial charge in [0.1, 0.15) is 15.5 Å². The minimum atomic E-state index is -0.253. The molecule has 0 unspecified atom stereocenters. The fraction of sp³-hybridized carbons (Fsp3) is 0.133. The Kier molecular flexibility index (Phi) is 6.06. The number of carbonyl (C=O) groups is 1. The zero-order valence-electron chi connectivity index (χ0n) is 20.1. The third-order valence-corrected chi connectivity index (χ3v) is 7.89. The second-order valence-corrected chi connectivity index (χ2v) is 10.1. The van der Waals surface area contributed by atoms with E-state index in [1.54, 1.807) is 12.1 Å². The SMILES string of the molecule is Nc1c(C(=O)N2CCN(c3ccc(F)cc3)CC2)sc2nc(-c3ccccc3)cc(-c3ccccc3)c12. The molecule has 3 aromatic carbocycles. The van der Waals surface area contributed by atoms with E-state index in [1.807, 2.05) is 53.4 Å². The second-order valence-electron chi connectivity index (χ2n) is 9.07. The van der Waals surface area contributed by atoms with Gasteiger partial charge in [-0.15, -0.1) is 11.3 Å². The van der Waals surface area contributed by atoms with Crippen LogP contribution < -0.4 is 10.6 Å². The van der Waals surface area contributed by atoms with Crippen LogP contribution in [0.3, 0.4) is 0 Å². The fourth-order valence-corrected chi connectivity index (χ4v) is 5.93. The first-order valence-electron chi connectivity index (χ1n) is 12.2. The first-order chi connectivity index (χ1) is 18.1. The Morgan fingerprint density at radius 2 is 1.46 bits per heavy atom. The predicted octanol–water partition coefficient (Wildman–Crippen LogP) is 6.31. The van der Waals surface area contributed by atoms with E-state index in [2.05, 4.69) is 23.1 Å². The standard InChI is InChI=1S/C30H25FN4OS/c31-22-11-13-23(14-12-22)34-15-17-35(18-16-34)30(36)28-27(32)26-24(20-7-3-1-4-8-20)19-25(33-29(26)37-28)21-9-5-2-6-10-21/h1-14,19H,15-18,32H2. The number of hydrogen-bond donors (Lipinski definition) is 1. The molecular weight excluding hydrogens is 483 g/mol. The molecule has 1 aliphatic heterocycles. The number of hydrogen-bond acceptors (Lipinski definition) is 5. The number of rotatable bonds is 4.